The van der Waals surface area contributed by atoms with Crippen molar-refractivity contribution in [2.45, 2.75) is 32.9 Å². The molecule has 1 atom stereocenters. The van der Waals surface area contributed by atoms with Crippen LogP contribution in [0.15, 0.2) is 30.3 Å². The van der Waals surface area contributed by atoms with E-state index in [-0.39, 0.29) is 6.04 Å². The molecular formula is C16H19N5S. The zero-order valence-electron chi connectivity index (χ0n) is 12.7. The first kappa shape index (κ1) is 14.9. The number of nitrogens with one attached hydrogen (secondary N) is 1. The first-order valence-corrected chi connectivity index (χ1v) is 8.11. The third-order valence-electron chi connectivity index (χ3n) is 3.53. The minimum absolute atomic E-state index is 0.133. The van der Waals surface area contributed by atoms with Gasteiger partial charge in [-0.25, -0.2) is 0 Å². The van der Waals surface area contributed by atoms with Crippen molar-refractivity contribution in [3.8, 4) is 0 Å². The van der Waals surface area contributed by atoms with E-state index in [0.717, 1.165) is 28.0 Å². The van der Waals surface area contributed by atoms with Crippen molar-refractivity contribution < 1.29 is 0 Å². The number of aromatic nitrogens is 3. The minimum Gasteiger partial charge on any atom is -0.363 e. The summed E-state index contributed by atoms with van der Waals surface area (Å²) in [7, 11) is 0. The number of nitrogens with two attached hydrogens (primary N) is 1. The number of fused-ring (bicyclic) bond motifs is 1. The van der Waals surface area contributed by atoms with Crippen molar-refractivity contribution in [3.05, 3.63) is 46.3 Å². The van der Waals surface area contributed by atoms with Gasteiger partial charge in [-0.3, -0.25) is 0 Å². The van der Waals surface area contributed by atoms with Gasteiger partial charge < -0.3 is 11.1 Å². The van der Waals surface area contributed by atoms with Crippen LogP contribution >= 0.6 is 11.3 Å². The first-order chi connectivity index (χ1) is 10.6. The summed E-state index contributed by atoms with van der Waals surface area (Å²) in [6, 6.07) is 10.4. The molecule has 0 saturated heterocycles. The highest BCUT2D eigenvalue weighted by Crippen LogP contribution is 2.33. The SMILES string of the molecule is Cc1c(C[C@H](C)N)sc2c(NCc3ccccc3)nnnc12. The fourth-order valence-electron chi connectivity index (χ4n) is 2.37. The highest BCUT2D eigenvalue weighted by atomic mass is 32.1. The monoisotopic (exact) mass is 313 g/mol. The van der Waals surface area contributed by atoms with Crippen LogP contribution in [0.25, 0.3) is 10.2 Å². The molecule has 0 aliphatic heterocycles. The quantitative estimate of drug-likeness (QED) is 0.757. The Morgan fingerprint density at radius 3 is 2.73 bits per heavy atom. The predicted octanol–water partition coefficient (Wildman–Crippen LogP) is 2.90. The molecule has 3 N–H and O–H groups in total. The van der Waals surface area contributed by atoms with E-state index < -0.39 is 0 Å². The summed E-state index contributed by atoms with van der Waals surface area (Å²) in [5.74, 6) is 0.790. The Hall–Kier alpha value is -2.05. The van der Waals surface area contributed by atoms with Crippen molar-refractivity contribution in [3.63, 3.8) is 0 Å². The summed E-state index contributed by atoms with van der Waals surface area (Å²) in [5, 5.41) is 15.6. The van der Waals surface area contributed by atoms with Gasteiger partial charge in [0, 0.05) is 17.5 Å². The van der Waals surface area contributed by atoms with Crippen LogP contribution in [0.4, 0.5) is 5.82 Å². The van der Waals surface area contributed by atoms with E-state index in [0.29, 0.717) is 6.54 Å². The van der Waals surface area contributed by atoms with Gasteiger partial charge in [-0.1, -0.05) is 30.3 Å². The van der Waals surface area contributed by atoms with Crippen molar-refractivity contribution >= 4 is 27.4 Å². The lowest BCUT2D eigenvalue weighted by Gasteiger charge is -2.05. The van der Waals surface area contributed by atoms with Gasteiger partial charge in [0.2, 0.25) is 0 Å². The van der Waals surface area contributed by atoms with Gasteiger partial charge in [0.1, 0.15) is 5.52 Å². The summed E-state index contributed by atoms with van der Waals surface area (Å²) < 4.78 is 1.05. The molecule has 114 valence electrons. The number of rotatable bonds is 5. The molecule has 5 nitrogen and oxygen atoms in total. The number of anilines is 1. The number of hydrogen-bond acceptors (Lipinski definition) is 6. The van der Waals surface area contributed by atoms with Gasteiger partial charge in [-0.05, 0) is 36.6 Å². The number of benzene rings is 1. The van der Waals surface area contributed by atoms with E-state index in [1.165, 1.54) is 10.4 Å². The molecule has 0 aliphatic carbocycles. The van der Waals surface area contributed by atoms with Crippen LogP contribution in [-0.4, -0.2) is 21.5 Å². The standard InChI is InChI=1S/C16H19N5S/c1-10(17)8-13-11(2)14-15(22-13)16(20-21-19-14)18-9-12-6-4-3-5-7-12/h3-7,10H,8-9,17H2,1-2H3,(H,18,19,20)/t10-/m0/s1. The molecule has 0 aliphatic rings. The first-order valence-electron chi connectivity index (χ1n) is 7.30. The molecule has 0 bridgehead atoms. The normalized spacial score (nSPS) is 12.5. The van der Waals surface area contributed by atoms with Crippen LogP contribution in [0.1, 0.15) is 22.9 Å². The molecule has 3 rings (SSSR count). The average molecular weight is 313 g/mol. The third-order valence-corrected chi connectivity index (χ3v) is 4.84. The molecule has 0 saturated carbocycles. The maximum atomic E-state index is 5.93. The Morgan fingerprint density at radius 1 is 1.23 bits per heavy atom. The van der Waals surface area contributed by atoms with E-state index in [2.05, 4.69) is 39.8 Å². The molecule has 0 unspecified atom stereocenters. The van der Waals surface area contributed by atoms with Gasteiger partial charge >= 0.3 is 0 Å². The van der Waals surface area contributed by atoms with E-state index in [9.17, 15) is 0 Å². The van der Waals surface area contributed by atoms with Gasteiger partial charge in [-0.15, -0.1) is 21.5 Å². The van der Waals surface area contributed by atoms with Gasteiger partial charge in [-0.2, -0.15) is 0 Å². The second kappa shape index (κ2) is 6.37. The predicted molar refractivity (Wildman–Crippen MR) is 91.1 cm³/mol. The number of aryl methyl sites for hydroxylation is 1. The summed E-state index contributed by atoms with van der Waals surface area (Å²) in [6.45, 7) is 4.81. The third kappa shape index (κ3) is 3.08. The zero-order chi connectivity index (χ0) is 15.5. The molecule has 0 fully saturated rings. The van der Waals surface area contributed by atoms with E-state index in [1.54, 1.807) is 11.3 Å². The highest BCUT2D eigenvalue weighted by molar-refractivity contribution is 7.19. The van der Waals surface area contributed by atoms with Crippen LogP contribution in [0.5, 0.6) is 0 Å². The summed E-state index contributed by atoms with van der Waals surface area (Å²) in [4.78, 5) is 1.26. The van der Waals surface area contributed by atoms with Crippen LogP contribution in [0.2, 0.25) is 0 Å². The van der Waals surface area contributed by atoms with Crippen LogP contribution in [0.3, 0.4) is 0 Å². The fourth-order valence-corrected chi connectivity index (χ4v) is 3.72. The molecule has 0 radical (unpaired) electrons. The van der Waals surface area contributed by atoms with Crippen molar-refractivity contribution in [2.75, 3.05) is 5.32 Å². The van der Waals surface area contributed by atoms with Gasteiger partial charge in [0.15, 0.2) is 5.82 Å². The van der Waals surface area contributed by atoms with Crippen LogP contribution in [-0.2, 0) is 13.0 Å². The molecule has 0 spiro atoms. The van der Waals surface area contributed by atoms with E-state index in [4.69, 9.17) is 5.73 Å². The minimum atomic E-state index is 0.133. The Bertz CT molecular complexity index is 767. The maximum Gasteiger partial charge on any atom is 0.170 e. The Labute approximate surface area is 133 Å². The Balaban J connectivity index is 1.89. The molecule has 6 heteroatoms. The van der Waals surface area contributed by atoms with Crippen LogP contribution in [0, 0.1) is 6.92 Å². The zero-order valence-corrected chi connectivity index (χ0v) is 13.5. The lowest BCUT2D eigenvalue weighted by Crippen LogP contribution is -2.17. The van der Waals surface area contributed by atoms with E-state index in [1.807, 2.05) is 25.1 Å². The topological polar surface area (TPSA) is 76.7 Å². The molecule has 2 aromatic heterocycles. The van der Waals surface area contributed by atoms with Gasteiger partial charge in [0.05, 0.1) is 4.70 Å². The highest BCUT2D eigenvalue weighted by Gasteiger charge is 2.15. The largest absolute Gasteiger partial charge is 0.363 e. The average Bonchev–Trinajstić information content (AvgIpc) is 2.83. The molecule has 1 aromatic carbocycles. The summed E-state index contributed by atoms with van der Waals surface area (Å²) >= 11 is 1.71. The molecule has 22 heavy (non-hydrogen) atoms. The lowest BCUT2D eigenvalue weighted by molar-refractivity contribution is 0.744. The van der Waals surface area contributed by atoms with Gasteiger partial charge in [0.25, 0.3) is 0 Å². The summed E-state index contributed by atoms with van der Waals surface area (Å²) in [6.07, 6.45) is 0.852. The van der Waals surface area contributed by atoms with Crippen LogP contribution < -0.4 is 11.1 Å². The molecular weight excluding hydrogens is 294 g/mol. The smallest absolute Gasteiger partial charge is 0.170 e. The molecule has 2 heterocycles. The molecule has 3 aromatic rings. The summed E-state index contributed by atoms with van der Waals surface area (Å²) in [5.41, 5.74) is 9.22. The van der Waals surface area contributed by atoms with Crippen molar-refractivity contribution in [1.29, 1.82) is 0 Å². The Kier molecular flexibility index (Phi) is 4.31. The second-order valence-electron chi connectivity index (χ2n) is 5.49. The van der Waals surface area contributed by atoms with E-state index >= 15 is 0 Å². The maximum absolute atomic E-state index is 5.93. The number of hydrogen-bond donors (Lipinski definition) is 2. The Morgan fingerprint density at radius 2 is 2.00 bits per heavy atom. The number of nitrogens with zero attached hydrogens (tertiary/aromatic N) is 3. The van der Waals surface area contributed by atoms with Crippen molar-refractivity contribution in [2.24, 2.45) is 5.73 Å². The second-order valence-corrected chi connectivity index (χ2v) is 6.59. The number of thiophene rings is 1. The lowest BCUT2D eigenvalue weighted by atomic mass is 10.1. The van der Waals surface area contributed by atoms with Crippen molar-refractivity contribution in [1.82, 2.24) is 15.4 Å². The fraction of sp³-hybridized carbons (Fsp3) is 0.312. The molecule has 0 amide bonds.